The zero-order valence-corrected chi connectivity index (χ0v) is 15.0. The highest BCUT2D eigenvalue weighted by atomic mass is 16.6. The Hall–Kier alpha value is -4.27. The monoisotopic (exact) mass is 391 g/mol. The SMILES string of the molecule is Cc1onc(-c2ccccc2)c1C(=O)Nc1cc2cccc([N+](=O)[O-])c2oc1=O. The third-order valence-electron chi connectivity index (χ3n) is 4.32. The van der Waals surface area contributed by atoms with Gasteiger partial charge in [0.25, 0.3) is 5.91 Å². The van der Waals surface area contributed by atoms with Gasteiger partial charge in [-0.25, -0.2) is 4.79 Å². The maximum atomic E-state index is 12.9. The zero-order chi connectivity index (χ0) is 20.5. The van der Waals surface area contributed by atoms with Crippen molar-refractivity contribution in [3.05, 3.63) is 86.5 Å². The van der Waals surface area contributed by atoms with Crippen LogP contribution in [0.3, 0.4) is 0 Å². The van der Waals surface area contributed by atoms with Crippen LogP contribution in [0.2, 0.25) is 0 Å². The van der Waals surface area contributed by atoms with E-state index < -0.39 is 16.5 Å². The average Bonchev–Trinajstić information content (AvgIpc) is 3.10. The maximum absolute atomic E-state index is 12.9. The minimum Gasteiger partial charge on any atom is -0.414 e. The third kappa shape index (κ3) is 3.25. The number of nitrogens with one attached hydrogen (secondary N) is 1. The van der Waals surface area contributed by atoms with E-state index in [1.165, 1.54) is 18.2 Å². The maximum Gasteiger partial charge on any atom is 0.360 e. The predicted molar refractivity (Wildman–Crippen MR) is 104 cm³/mol. The molecule has 0 atom stereocenters. The summed E-state index contributed by atoms with van der Waals surface area (Å²) in [5.41, 5.74) is -0.365. The van der Waals surface area contributed by atoms with Gasteiger partial charge in [0.05, 0.1) is 4.92 Å². The van der Waals surface area contributed by atoms with Gasteiger partial charge < -0.3 is 14.3 Å². The minimum atomic E-state index is -0.907. The number of nitrogens with zero attached hydrogens (tertiary/aromatic N) is 2. The summed E-state index contributed by atoms with van der Waals surface area (Å²) in [6, 6.07) is 14.5. The Kier molecular flexibility index (Phi) is 4.40. The number of hydrogen-bond donors (Lipinski definition) is 1. The predicted octanol–water partition coefficient (Wildman–Crippen LogP) is 3.92. The lowest BCUT2D eigenvalue weighted by molar-refractivity contribution is -0.383. The summed E-state index contributed by atoms with van der Waals surface area (Å²) in [5, 5.41) is 17.8. The van der Waals surface area contributed by atoms with Crippen molar-refractivity contribution >= 4 is 28.3 Å². The van der Waals surface area contributed by atoms with Crippen LogP contribution in [0.5, 0.6) is 0 Å². The lowest BCUT2D eigenvalue weighted by Gasteiger charge is -2.06. The number of benzene rings is 2. The molecule has 1 N–H and O–H groups in total. The van der Waals surface area contributed by atoms with Crippen molar-refractivity contribution in [2.24, 2.45) is 0 Å². The number of carbonyl (C=O) groups excluding carboxylic acids is 1. The topological polar surface area (TPSA) is 128 Å². The largest absolute Gasteiger partial charge is 0.414 e. The second-order valence-electron chi connectivity index (χ2n) is 6.18. The molecule has 0 aliphatic carbocycles. The quantitative estimate of drug-likeness (QED) is 0.317. The third-order valence-corrected chi connectivity index (χ3v) is 4.32. The van der Waals surface area contributed by atoms with Crippen LogP contribution in [0, 0.1) is 17.0 Å². The highest BCUT2D eigenvalue weighted by Crippen LogP contribution is 2.28. The smallest absolute Gasteiger partial charge is 0.360 e. The number of amides is 1. The molecule has 0 aliphatic heterocycles. The van der Waals surface area contributed by atoms with Crippen LogP contribution >= 0.6 is 0 Å². The molecule has 2 aromatic carbocycles. The van der Waals surface area contributed by atoms with Gasteiger partial charge in [-0.15, -0.1) is 0 Å². The molecule has 29 heavy (non-hydrogen) atoms. The molecule has 9 nitrogen and oxygen atoms in total. The fourth-order valence-corrected chi connectivity index (χ4v) is 2.98. The van der Waals surface area contributed by atoms with E-state index in [9.17, 15) is 19.7 Å². The molecule has 144 valence electrons. The highest BCUT2D eigenvalue weighted by molar-refractivity contribution is 6.09. The number of non-ortho nitro benzene ring substituents is 1. The van der Waals surface area contributed by atoms with Gasteiger partial charge in [0.2, 0.25) is 5.58 Å². The van der Waals surface area contributed by atoms with Gasteiger partial charge in [-0.3, -0.25) is 14.9 Å². The molecule has 0 bridgehead atoms. The summed E-state index contributed by atoms with van der Waals surface area (Å²) in [6.45, 7) is 1.58. The normalized spacial score (nSPS) is 10.8. The van der Waals surface area contributed by atoms with E-state index >= 15 is 0 Å². The van der Waals surface area contributed by atoms with Crippen molar-refractivity contribution in [2.45, 2.75) is 6.92 Å². The van der Waals surface area contributed by atoms with Crippen molar-refractivity contribution < 1.29 is 18.7 Å². The van der Waals surface area contributed by atoms with Crippen LogP contribution in [0.25, 0.3) is 22.2 Å². The van der Waals surface area contributed by atoms with Crippen molar-refractivity contribution in [1.82, 2.24) is 5.16 Å². The number of nitro benzene ring substituents is 1. The number of fused-ring (bicyclic) bond motifs is 1. The zero-order valence-electron chi connectivity index (χ0n) is 15.0. The van der Waals surface area contributed by atoms with Gasteiger partial charge in [-0.2, -0.15) is 0 Å². The first kappa shape index (κ1) is 18.1. The number of anilines is 1. The second-order valence-corrected chi connectivity index (χ2v) is 6.18. The molecule has 0 saturated heterocycles. The van der Waals surface area contributed by atoms with Crippen LogP contribution < -0.4 is 10.9 Å². The van der Waals surface area contributed by atoms with Crippen LogP contribution in [-0.4, -0.2) is 16.0 Å². The van der Waals surface area contributed by atoms with E-state index in [0.29, 0.717) is 16.6 Å². The summed E-state index contributed by atoms with van der Waals surface area (Å²) in [7, 11) is 0. The highest BCUT2D eigenvalue weighted by Gasteiger charge is 2.23. The molecule has 9 heteroatoms. The van der Waals surface area contributed by atoms with Gasteiger partial charge in [0.1, 0.15) is 22.7 Å². The molecular formula is C20H13N3O6. The van der Waals surface area contributed by atoms with Gasteiger partial charge in [-0.1, -0.05) is 47.6 Å². The first-order valence-corrected chi connectivity index (χ1v) is 8.50. The Morgan fingerprint density at radius 2 is 1.90 bits per heavy atom. The number of carbonyl (C=O) groups is 1. The fourth-order valence-electron chi connectivity index (χ4n) is 2.98. The Bertz CT molecular complexity index is 1310. The molecule has 0 spiro atoms. The van der Waals surface area contributed by atoms with E-state index in [1.54, 1.807) is 37.3 Å². The van der Waals surface area contributed by atoms with Crippen LogP contribution in [-0.2, 0) is 0 Å². The Labute approximate surface area is 162 Å². The van der Waals surface area contributed by atoms with Gasteiger partial charge in [0, 0.05) is 17.0 Å². The fraction of sp³-hybridized carbons (Fsp3) is 0.0500. The number of para-hydroxylation sites is 1. The van der Waals surface area contributed by atoms with Crippen LogP contribution in [0.4, 0.5) is 11.4 Å². The summed E-state index contributed by atoms with van der Waals surface area (Å²) in [4.78, 5) is 35.6. The van der Waals surface area contributed by atoms with E-state index in [-0.39, 0.29) is 28.3 Å². The molecular weight excluding hydrogens is 378 g/mol. The van der Waals surface area contributed by atoms with Crippen LogP contribution in [0.15, 0.2) is 68.3 Å². The summed E-state index contributed by atoms with van der Waals surface area (Å²) in [6.07, 6.45) is 0. The molecule has 1 amide bonds. The molecule has 2 aromatic heterocycles. The van der Waals surface area contributed by atoms with Crippen molar-refractivity contribution in [3.8, 4) is 11.3 Å². The number of aromatic nitrogens is 1. The molecule has 0 saturated carbocycles. The molecule has 2 heterocycles. The standard InChI is InChI=1S/C20H13N3O6/c1-11-16(17(22-29-11)12-6-3-2-4-7-12)19(24)21-14-10-13-8-5-9-15(23(26)27)18(13)28-20(14)25/h2-10H,1H3,(H,21,24). The lowest BCUT2D eigenvalue weighted by atomic mass is 10.1. The second kappa shape index (κ2) is 7.04. The molecule has 0 radical (unpaired) electrons. The molecule has 0 unspecified atom stereocenters. The van der Waals surface area contributed by atoms with Crippen molar-refractivity contribution in [3.63, 3.8) is 0 Å². The van der Waals surface area contributed by atoms with Crippen LogP contribution in [0.1, 0.15) is 16.1 Å². The number of nitro groups is 1. The molecule has 4 aromatic rings. The lowest BCUT2D eigenvalue weighted by Crippen LogP contribution is -2.19. The van der Waals surface area contributed by atoms with E-state index in [4.69, 9.17) is 8.94 Å². The van der Waals surface area contributed by atoms with Gasteiger partial charge in [0.15, 0.2) is 0 Å². The van der Waals surface area contributed by atoms with E-state index in [1.807, 2.05) is 6.07 Å². The minimum absolute atomic E-state index is 0.150. The average molecular weight is 391 g/mol. The molecule has 0 fully saturated rings. The first-order chi connectivity index (χ1) is 14.0. The van der Waals surface area contributed by atoms with E-state index in [2.05, 4.69) is 10.5 Å². The molecule has 4 rings (SSSR count). The number of hydrogen-bond acceptors (Lipinski definition) is 7. The van der Waals surface area contributed by atoms with Gasteiger partial charge in [-0.05, 0) is 13.0 Å². The van der Waals surface area contributed by atoms with E-state index in [0.717, 1.165) is 0 Å². The summed E-state index contributed by atoms with van der Waals surface area (Å²) < 4.78 is 10.3. The number of rotatable bonds is 4. The van der Waals surface area contributed by atoms with Crippen molar-refractivity contribution in [2.75, 3.05) is 5.32 Å². The number of aryl methyl sites for hydroxylation is 1. The Morgan fingerprint density at radius 3 is 2.62 bits per heavy atom. The summed E-state index contributed by atoms with van der Waals surface area (Å²) in [5.74, 6) is -0.332. The Balaban J connectivity index is 1.74. The first-order valence-electron chi connectivity index (χ1n) is 8.50. The summed E-state index contributed by atoms with van der Waals surface area (Å²) >= 11 is 0. The van der Waals surface area contributed by atoms with Gasteiger partial charge >= 0.3 is 11.3 Å². The van der Waals surface area contributed by atoms with Crippen molar-refractivity contribution in [1.29, 1.82) is 0 Å². The Morgan fingerprint density at radius 1 is 1.14 bits per heavy atom. The molecule has 0 aliphatic rings.